The molecule has 0 saturated heterocycles. The number of hydrogen-bond acceptors (Lipinski definition) is 6. The molecule has 2 heterocycles. The Hall–Kier alpha value is -2.64. The summed E-state index contributed by atoms with van der Waals surface area (Å²) in [7, 11) is 0. The molecule has 0 aromatic carbocycles. The summed E-state index contributed by atoms with van der Waals surface area (Å²) >= 11 is 0. The van der Waals surface area contributed by atoms with E-state index in [-0.39, 0.29) is 18.9 Å². The molecule has 0 spiro atoms. The molecule has 1 aliphatic rings. The van der Waals surface area contributed by atoms with Crippen molar-refractivity contribution in [2.24, 2.45) is 5.41 Å². The molecule has 8 nitrogen and oxygen atoms in total. The molecule has 0 aliphatic heterocycles. The molecule has 0 bridgehead atoms. The van der Waals surface area contributed by atoms with Crippen LogP contribution in [0.2, 0.25) is 0 Å². The van der Waals surface area contributed by atoms with Crippen molar-refractivity contribution in [1.29, 1.82) is 0 Å². The predicted octanol–water partition coefficient (Wildman–Crippen LogP) is 2.41. The molecule has 1 saturated carbocycles. The Labute approximate surface area is 144 Å². The number of hydrogen-bond donors (Lipinski definition) is 2. The number of aromatic nitrogens is 2. The van der Waals surface area contributed by atoms with Crippen LogP contribution in [-0.2, 0) is 16.0 Å². The van der Waals surface area contributed by atoms with E-state index in [0.717, 1.165) is 19.3 Å². The summed E-state index contributed by atoms with van der Waals surface area (Å²) in [4.78, 5) is 27.8. The van der Waals surface area contributed by atoms with Gasteiger partial charge in [-0.1, -0.05) is 24.4 Å². The van der Waals surface area contributed by atoms with Gasteiger partial charge in [0.05, 0.1) is 17.2 Å². The van der Waals surface area contributed by atoms with E-state index >= 15 is 0 Å². The normalized spacial score (nSPS) is 16.5. The van der Waals surface area contributed by atoms with Crippen LogP contribution in [0, 0.1) is 5.41 Å². The third kappa shape index (κ3) is 4.07. The maximum atomic E-state index is 12.1. The fraction of sp³-hybridized carbons (Fsp3) is 0.529. The van der Waals surface area contributed by atoms with E-state index in [0.29, 0.717) is 36.5 Å². The van der Waals surface area contributed by atoms with Crippen LogP contribution in [-0.4, -0.2) is 33.7 Å². The number of nitrogens with zero attached hydrogens (tertiary/aromatic N) is 2. The minimum Gasteiger partial charge on any atom is -0.481 e. The summed E-state index contributed by atoms with van der Waals surface area (Å²) in [6.45, 7) is 0.172. The number of nitrogens with one attached hydrogen (secondary N) is 1. The van der Waals surface area contributed by atoms with Crippen LogP contribution in [0.1, 0.15) is 44.4 Å². The van der Waals surface area contributed by atoms with E-state index in [4.69, 9.17) is 8.94 Å². The topological polar surface area (TPSA) is 118 Å². The lowest BCUT2D eigenvalue weighted by Gasteiger charge is -2.33. The summed E-state index contributed by atoms with van der Waals surface area (Å²) in [6, 6.07) is 1.72. The highest BCUT2D eigenvalue weighted by molar-refractivity contribution is 5.79. The van der Waals surface area contributed by atoms with Crippen molar-refractivity contribution in [3.05, 3.63) is 24.5 Å². The first-order valence-corrected chi connectivity index (χ1v) is 8.44. The number of carbonyl (C=O) groups is 2. The summed E-state index contributed by atoms with van der Waals surface area (Å²) < 4.78 is 10.1. The highest BCUT2D eigenvalue weighted by Crippen LogP contribution is 2.36. The van der Waals surface area contributed by atoms with Gasteiger partial charge < -0.3 is 19.4 Å². The highest BCUT2D eigenvalue weighted by atomic mass is 16.5. The fourth-order valence-electron chi connectivity index (χ4n) is 3.14. The predicted molar refractivity (Wildman–Crippen MR) is 86.5 cm³/mol. The van der Waals surface area contributed by atoms with Crippen LogP contribution in [0.3, 0.4) is 0 Å². The summed E-state index contributed by atoms with van der Waals surface area (Å²) in [5, 5.41) is 16.1. The van der Waals surface area contributed by atoms with Gasteiger partial charge in [0.1, 0.15) is 6.26 Å². The molecule has 2 aromatic rings. The van der Waals surface area contributed by atoms with Gasteiger partial charge in [-0.05, 0) is 18.9 Å². The molecule has 8 heteroatoms. The maximum Gasteiger partial charge on any atom is 0.311 e. The second kappa shape index (κ2) is 7.50. The van der Waals surface area contributed by atoms with Crippen LogP contribution in [0.25, 0.3) is 11.4 Å². The van der Waals surface area contributed by atoms with Gasteiger partial charge in [0.25, 0.3) is 0 Å². The average Bonchev–Trinajstić information content (AvgIpc) is 3.30. The second-order valence-electron chi connectivity index (χ2n) is 6.45. The van der Waals surface area contributed by atoms with Crippen molar-refractivity contribution in [2.75, 3.05) is 6.54 Å². The van der Waals surface area contributed by atoms with Crippen molar-refractivity contribution in [3.63, 3.8) is 0 Å². The van der Waals surface area contributed by atoms with E-state index < -0.39 is 11.4 Å². The molecule has 0 atom stereocenters. The van der Waals surface area contributed by atoms with Gasteiger partial charge in [-0.2, -0.15) is 4.98 Å². The first kappa shape index (κ1) is 17.2. The van der Waals surface area contributed by atoms with Crippen molar-refractivity contribution in [3.8, 4) is 11.4 Å². The van der Waals surface area contributed by atoms with Gasteiger partial charge in [-0.3, -0.25) is 9.59 Å². The lowest BCUT2D eigenvalue weighted by molar-refractivity contribution is -0.151. The van der Waals surface area contributed by atoms with Crippen molar-refractivity contribution in [1.82, 2.24) is 15.5 Å². The fourth-order valence-corrected chi connectivity index (χ4v) is 3.14. The molecule has 2 N–H and O–H groups in total. The standard InChI is InChI=1S/C17H21N3O5/c21-13(18-11-17(16(22)23)7-2-1-3-8-17)4-5-14-19-15(20-25-14)12-6-9-24-10-12/h6,9-10H,1-5,7-8,11H2,(H,18,21)(H,22,23). The van der Waals surface area contributed by atoms with Crippen molar-refractivity contribution < 1.29 is 23.6 Å². The SMILES string of the molecule is O=C(CCc1nc(-c2ccoc2)no1)NCC1(C(=O)O)CCCCC1. The molecule has 2 aromatic heterocycles. The maximum absolute atomic E-state index is 12.1. The number of furan rings is 1. The zero-order valence-electron chi connectivity index (χ0n) is 13.9. The molecule has 1 aliphatic carbocycles. The van der Waals surface area contributed by atoms with E-state index in [1.807, 2.05) is 0 Å². The first-order valence-electron chi connectivity index (χ1n) is 8.44. The number of carboxylic acids is 1. The van der Waals surface area contributed by atoms with Gasteiger partial charge in [-0.15, -0.1) is 0 Å². The zero-order chi connectivity index (χ0) is 17.7. The van der Waals surface area contributed by atoms with Crippen molar-refractivity contribution in [2.45, 2.75) is 44.9 Å². The molecular weight excluding hydrogens is 326 g/mol. The Kier molecular flexibility index (Phi) is 5.16. The van der Waals surface area contributed by atoms with Gasteiger partial charge in [0.15, 0.2) is 0 Å². The van der Waals surface area contributed by atoms with Crippen LogP contribution in [0.15, 0.2) is 27.5 Å². The molecule has 0 unspecified atom stereocenters. The molecular formula is C17H21N3O5. The Balaban J connectivity index is 1.49. The number of carboxylic acid groups (broad SMARTS) is 1. The Morgan fingerprint density at radius 1 is 1.28 bits per heavy atom. The third-order valence-electron chi connectivity index (χ3n) is 4.70. The highest BCUT2D eigenvalue weighted by Gasteiger charge is 2.39. The summed E-state index contributed by atoms with van der Waals surface area (Å²) in [5.41, 5.74) is -0.118. The van der Waals surface area contributed by atoms with Gasteiger partial charge in [0.2, 0.25) is 17.6 Å². The number of amides is 1. The molecule has 25 heavy (non-hydrogen) atoms. The van der Waals surface area contributed by atoms with E-state index in [1.54, 1.807) is 6.07 Å². The number of rotatable bonds is 7. The Morgan fingerprint density at radius 3 is 2.76 bits per heavy atom. The second-order valence-corrected chi connectivity index (χ2v) is 6.45. The largest absolute Gasteiger partial charge is 0.481 e. The van der Waals surface area contributed by atoms with Crippen LogP contribution in [0.5, 0.6) is 0 Å². The number of aryl methyl sites for hydroxylation is 1. The number of aliphatic carboxylic acids is 1. The van der Waals surface area contributed by atoms with Gasteiger partial charge in [0, 0.05) is 19.4 Å². The van der Waals surface area contributed by atoms with Crippen LogP contribution in [0.4, 0.5) is 0 Å². The number of carbonyl (C=O) groups excluding carboxylic acids is 1. The molecule has 1 fully saturated rings. The molecule has 0 radical (unpaired) electrons. The minimum absolute atomic E-state index is 0.169. The van der Waals surface area contributed by atoms with Crippen LogP contribution >= 0.6 is 0 Å². The van der Waals surface area contributed by atoms with Gasteiger partial charge in [-0.25, -0.2) is 0 Å². The minimum atomic E-state index is -0.827. The Morgan fingerprint density at radius 2 is 2.08 bits per heavy atom. The monoisotopic (exact) mass is 347 g/mol. The van der Waals surface area contributed by atoms with Gasteiger partial charge >= 0.3 is 5.97 Å². The lowest BCUT2D eigenvalue weighted by atomic mass is 9.74. The molecule has 3 rings (SSSR count). The van der Waals surface area contributed by atoms with Crippen molar-refractivity contribution >= 4 is 11.9 Å². The average molecular weight is 347 g/mol. The zero-order valence-corrected chi connectivity index (χ0v) is 13.9. The molecule has 134 valence electrons. The van der Waals surface area contributed by atoms with E-state index in [2.05, 4.69) is 15.5 Å². The smallest absolute Gasteiger partial charge is 0.311 e. The Bertz CT molecular complexity index is 716. The molecule has 1 amide bonds. The third-order valence-corrected chi connectivity index (χ3v) is 4.70. The summed E-state index contributed by atoms with van der Waals surface area (Å²) in [6.07, 6.45) is 7.56. The van der Waals surface area contributed by atoms with E-state index in [1.165, 1.54) is 12.5 Å². The summed E-state index contributed by atoms with van der Waals surface area (Å²) in [5.74, 6) is -0.267. The van der Waals surface area contributed by atoms with Crippen LogP contribution < -0.4 is 5.32 Å². The lowest BCUT2D eigenvalue weighted by Crippen LogP contribution is -2.44. The first-order chi connectivity index (χ1) is 12.1. The quantitative estimate of drug-likeness (QED) is 0.789. The van der Waals surface area contributed by atoms with E-state index in [9.17, 15) is 14.7 Å².